The average Bonchev–Trinajstić information content (AvgIpc) is 3.11. The summed E-state index contributed by atoms with van der Waals surface area (Å²) in [6.07, 6.45) is 7.56. The van der Waals surface area contributed by atoms with E-state index >= 15 is 0 Å². The minimum atomic E-state index is 0.102. The van der Waals surface area contributed by atoms with Gasteiger partial charge in [-0.25, -0.2) is 0 Å². The van der Waals surface area contributed by atoms with E-state index in [4.69, 9.17) is 14.2 Å². The predicted octanol–water partition coefficient (Wildman–Crippen LogP) is 6.01. The summed E-state index contributed by atoms with van der Waals surface area (Å²) in [5.74, 6) is 0.209. The molecule has 0 atom stereocenters. The second kappa shape index (κ2) is 23.8. The van der Waals surface area contributed by atoms with Crippen LogP contribution in [0.1, 0.15) is 78.6 Å². The molecular weight excluding hydrogens is 630 g/mol. The summed E-state index contributed by atoms with van der Waals surface area (Å²) in [6, 6.07) is 15.9. The van der Waals surface area contributed by atoms with Crippen LogP contribution in [-0.2, 0) is 30.3 Å². The van der Waals surface area contributed by atoms with Crippen molar-refractivity contribution >= 4 is 45.0 Å². The molecule has 50 heavy (non-hydrogen) atoms. The third-order valence-corrected chi connectivity index (χ3v) is 8.76. The molecule has 2 amide bonds. The van der Waals surface area contributed by atoms with E-state index < -0.39 is 0 Å². The van der Waals surface area contributed by atoms with Gasteiger partial charge in [0.1, 0.15) is 6.54 Å². The molecule has 10 heteroatoms. The smallest absolute Gasteiger partial charge is 0.219 e. The van der Waals surface area contributed by atoms with Crippen molar-refractivity contribution < 1.29 is 28.4 Å². The average molecular weight is 695 g/mol. The third kappa shape index (κ3) is 14.4. The number of carbonyl (C=O) groups excluding carboxylic acids is 2. The number of hydrogen-bond acceptors (Lipinski definition) is 7. The lowest BCUT2D eigenvalue weighted by molar-refractivity contribution is -0.645. The maximum Gasteiger partial charge on any atom is 0.219 e. The molecule has 3 rings (SSSR count). The Kier molecular flexibility index (Phi) is 19.5. The molecule has 0 saturated carbocycles. The molecule has 0 aliphatic rings. The fraction of sp³-hybridized carbons (Fsp3) is 0.625. The zero-order valence-corrected chi connectivity index (χ0v) is 31.6. The summed E-state index contributed by atoms with van der Waals surface area (Å²) in [5, 5.41) is 8.41. The first-order valence-electron chi connectivity index (χ1n) is 19.0. The minimum absolute atomic E-state index is 0.102. The Morgan fingerprint density at radius 3 is 1.76 bits per heavy atom. The number of anilines is 2. The van der Waals surface area contributed by atoms with E-state index in [0.29, 0.717) is 65.6 Å². The number of benzene rings is 2. The third-order valence-electron chi connectivity index (χ3n) is 8.76. The maximum atomic E-state index is 12.5. The van der Waals surface area contributed by atoms with E-state index in [1.807, 2.05) is 6.92 Å². The van der Waals surface area contributed by atoms with Crippen molar-refractivity contribution in [3.8, 4) is 0 Å². The minimum Gasteiger partial charge on any atom is -0.379 e. The van der Waals surface area contributed by atoms with E-state index in [0.717, 1.165) is 64.6 Å². The lowest BCUT2D eigenvalue weighted by atomic mass is 10.1. The summed E-state index contributed by atoms with van der Waals surface area (Å²) in [4.78, 5) is 28.5. The van der Waals surface area contributed by atoms with Crippen LogP contribution in [0, 0.1) is 0 Å². The Labute approximate surface area is 300 Å². The molecule has 0 fully saturated rings. The van der Waals surface area contributed by atoms with Crippen LogP contribution in [0.5, 0.6) is 0 Å². The molecular formula is C40H64N5O5+. The number of unbranched alkanes of at least 4 members (excludes halogenated alkanes) is 2. The van der Waals surface area contributed by atoms with Gasteiger partial charge >= 0.3 is 0 Å². The SMILES string of the molecule is CCCC(=O)NCCCOCCOCCOCCCNC(=O)CCCCC[n+]1c2cc(N(C)C)ccc2cc2ccc(N(CC)CCC)cc21. The fourth-order valence-electron chi connectivity index (χ4n) is 6.01. The molecule has 0 bridgehead atoms. The topological polar surface area (TPSA) is 96.2 Å². The van der Waals surface area contributed by atoms with Crippen LogP contribution in [0.3, 0.4) is 0 Å². The second-order valence-electron chi connectivity index (χ2n) is 13.1. The zero-order chi connectivity index (χ0) is 36.0. The number of carbonyl (C=O) groups is 2. The molecule has 1 aromatic heterocycles. The molecule has 0 saturated heterocycles. The van der Waals surface area contributed by atoms with Gasteiger partial charge in [0.2, 0.25) is 22.8 Å². The number of hydrogen-bond donors (Lipinski definition) is 2. The highest BCUT2D eigenvalue weighted by atomic mass is 16.5. The van der Waals surface area contributed by atoms with Gasteiger partial charge in [-0.15, -0.1) is 0 Å². The lowest BCUT2D eigenvalue weighted by Crippen LogP contribution is -2.36. The lowest BCUT2D eigenvalue weighted by Gasteiger charge is -2.22. The number of fused-ring (bicyclic) bond motifs is 2. The van der Waals surface area contributed by atoms with Crippen LogP contribution >= 0.6 is 0 Å². The van der Waals surface area contributed by atoms with Gasteiger partial charge in [0.05, 0.1) is 26.4 Å². The largest absolute Gasteiger partial charge is 0.379 e. The van der Waals surface area contributed by atoms with Crippen LogP contribution in [0.4, 0.5) is 11.4 Å². The molecule has 2 N–H and O–H groups in total. The highest BCUT2D eigenvalue weighted by Crippen LogP contribution is 2.26. The van der Waals surface area contributed by atoms with Crippen molar-refractivity contribution in [2.45, 2.75) is 85.1 Å². The van der Waals surface area contributed by atoms with Gasteiger partial charge in [-0.3, -0.25) is 9.59 Å². The first-order chi connectivity index (χ1) is 24.4. The first-order valence-corrected chi connectivity index (χ1v) is 19.0. The zero-order valence-electron chi connectivity index (χ0n) is 31.6. The summed E-state index contributed by atoms with van der Waals surface area (Å²) in [5.41, 5.74) is 4.97. The van der Waals surface area contributed by atoms with Crippen molar-refractivity contribution in [1.29, 1.82) is 0 Å². The molecule has 3 aromatic rings. The molecule has 2 aromatic carbocycles. The molecule has 0 spiro atoms. The Bertz CT molecular complexity index is 1430. The van der Waals surface area contributed by atoms with Gasteiger partial charge in [0, 0.05) is 107 Å². The Balaban J connectivity index is 1.32. The Morgan fingerprint density at radius 2 is 1.20 bits per heavy atom. The Morgan fingerprint density at radius 1 is 0.640 bits per heavy atom. The number of rotatable bonds is 27. The fourth-order valence-corrected chi connectivity index (χ4v) is 6.01. The van der Waals surface area contributed by atoms with Gasteiger partial charge in [0.25, 0.3) is 0 Å². The molecule has 0 unspecified atom stereocenters. The number of aromatic nitrogens is 1. The highest BCUT2D eigenvalue weighted by Gasteiger charge is 2.18. The summed E-state index contributed by atoms with van der Waals surface area (Å²) < 4.78 is 19.2. The molecule has 278 valence electrons. The predicted molar refractivity (Wildman–Crippen MR) is 205 cm³/mol. The van der Waals surface area contributed by atoms with Crippen LogP contribution in [0.25, 0.3) is 21.8 Å². The van der Waals surface area contributed by atoms with E-state index in [2.05, 4.69) is 95.4 Å². The Hall–Kier alpha value is -3.47. The van der Waals surface area contributed by atoms with Gasteiger partial charge in [-0.05, 0) is 75.8 Å². The van der Waals surface area contributed by atoms with Gasteiger partial charge in [-0.2, -0.15) is 4.57 Å². The number of pyridine rings is 1. The van der Waals surface area contributed by atoms with Gasteiger partial charge < -0.3 is 34.6 Å². The number of aryl methyl sites for hydroxylation is 1. The van der Waals surface area contributed by atoms with Crippen molar-refractivity contribution in [2.75, 3.05) is 89.7 Å². The van der Waals surface area contributed by atoms with Crippen molar-refractivity contribution in [3.63, 3.8) is 0 Å². The van der Waals surface area contributed by atoms with E-state index in [1.165, 1.54) is 33.2 Å². The molecule has 1 heterocycles. The first kappa shape index (κ1) is 41.0. The molecule has 0 aliphatic carbocycles. The quantitative estimate of drug-likeness (QED) is 0.0574. The van der Waals surface area contributed by atoms with Crippen molar-refractivity contribution in [2.24, 2.45) is 0 Å². The van der Waals surface area contributed by atoms with Crippen LogP contribution in [0.2, 0.25) is 0 Å². The number of nitrogens with zero attached hydrogens (tertiary/aromatic N) is 3. The maximum absolute atomic E-state index is 12.5. The number of ether oxygens (including phenoxy) is 3. The van der Waals surface area contributed by atoms with Crippen molar-refractivity contribution in [1.82, 2.24) is 10.6 Å². The number of amides is 2. The van der Waals surface area contributed by atoms with Crippen LogP contribution < -0.4 is 25.0 Å². The molecule has 0 radical (unpaired) electrons. The second-order valence-corrected chi connectivity index (χ2v) is 13.1. The van der Waals surface area contributed by atoms with Crippen LogP contribution in [-0.4, -0.2) is 91.7 Å². The van der Waals surface area contributed by atoms with Crippen LogP contribution in [0.15, 0.2) is 42.5 Å². The van der Waals surface area contributed by atoms with E-state index in [9.17, 15) is 9.59 Å². The summed E-state index contributed by atoms with van der Waals surface area (Å²) >= 11 is 0. The van der Waals surface area contributed by atoms with Crippen molar-refractivity contribution in [3.05, 3.63) is 42.5 Å². The standard InChI is InChI=1S/C40H63N5O5/c1-6-14-39(46)41-20-12-24-48-26-28-50-29-27-49-25-13-21-42-40(47)15-10-9-11-23-45-37-31-35(43(4)5)18-16-33(37)30-34-17-19-36(32-38(34)45)44(8-3)22-7-2/h16-19,30-32H,6-15,20-29H2,1-5H3,(H-,41,42,46,47)/p+1. The van der Waals surface area contributed by atoms with E-state index in [-0.39, 0.29) is 11.8 Å². The summed E-state index contributed by atoms with van der Waals surface area (Å²) in [6.45, 7) is 13.9. The van der Waals surface area contributed by atoms with Gasteiger partial charge in [-0.1, -0.05) is 13.8 Å². The summed E-state index contributed by atoms with van der Waals surface area (Å²) in [7, 11) is 4.18. The normalized spacial score (nSPS) is 11.3. The molecule has 10 nitrogen and oxygen atoms in total. The number of nitrogens with one attached hydrogen (secondary N) is 2. The van der Waals surface area contributed by atoms with E-state index in [1.54, 1.807) is 0 Å². The van der Waals surface area contributed by atoms with Gasteiger partial charge in [0.15, 0.2) is 0 Å². The highest BCUT2D eigenvalue weighted by molar-refractivity contribution is 5.91. The molecule has 0 aliphatic heterocycles. The monoisotopic (exact) mass is 694 g/mol.